The number of aliphatic hydroxyl groups is 1. The van der Waals surface area contributed by atoms with E-state index < -0.39 is 13.0 Å². The smallest absolute Gasteiger partial charge is 0.255 e. The van der Waals surface area contributed by atoms with Crippen molar-refractivity contribution in [3.05, 3.63) is 17.0 Å². The van der Waals surface area contributed by atoms with E-state index in [1.165, 1.54) is 11.2 Å². The fraction of sp³-hybridized carbons (Fsp3) is 0.636. The molecule has 4 nitrogen and oxygen atoms in total. The van der Waals surface area contributed by atoms with Crippen molar-refractivity contribution in [3.63, 3.8) is 0 Å². The molecule has 0 bridgehead atoms. The van der Waals surface area contributed by atoms with Gasteiger partial charge in [-0.2, -0.15) is 0 Å². The predicted molar refractivity (Wildman–Crippen MR) is 66.4 cm³/mol. The Bertz CT molecular complexity index is 391. The lowest BCUT2D eigenvalue weighted by Crippen LogP contribution is -2.33. The van der Waals surface area contributed by atoms with Crippen molar-refractivity contribution in [2.24, 2.45) is 0 Å². The molecule has 1 aromatic heterocycles. The molecule has 0 amide bonds. The summed E-state index contributed by atoms with van der Waals surface area (Å²) >= 11 is 5.98. The molecule has 0 aliphatic rings. The summed E-state index contributed by atoms with van der Waals surface area (Å²) in [6.07, 6.45) is -1.27. The summed E-state index contributed by atoms with van der Waals surface area (Å²) in [6.45, 7) is 3.12. The second-order valence-corrected chi connectivity index (χ2v) is 4.48. The molecular formula is C11H16ClF2N3O. The molecule has 18 heavy (non-hydrogen) atoms. The van der Waals surface area contributed by atoms with Crippen molar-refractivity contribution in [1.29, 1.82) is 0 Å². The van der Waals surface area contributed by atoms with Crippen LogP contribution in [0.3, 0.4) is 0 Å². The Morgan fingerprint density at radius 1 is 1.39 bits per heavy atom. The van der Waals surface area contributed by atoms with Crippen LogP contribution in [0.2, 0.25) is 5.15 Å². The average molecular weight is 280 g/mol. The van der Waals surface area contributed by atoms with Crippen LogP contribution in [0.1, 0.15) is 25.3 Å². The van der Waals surface area contributed by atoms with Crippen LogP contribution in [0.25, 0.3) is 0 Å². The van der Waals surface area contributed by atoms with Crippen molar-refractivity contribution in [3.8, 4) is 0 Å². The van der Waals surface area contributed by atoms with Gasteiger partial charge in [-0.1, -0.05) is 25.4 Å². The first-order valence-corrected chi connectivity index (χ1v) is 5.99. The topological polar surface area (TPSA) is 49.2 Å². The lowest BCUT2D eigenvalue weighted by atomic mass is 10.1. The highest BCUT2D eigenvalue weighted by Crippen LogP contribution is 2.30. The van der Waals surface area contributed by atoms with Crippen LogP contribution >= 0.6 is 11.6 Å². The van der Waals surface area contributed by atoms with Crippen molar-refractivity contribution in [2.75, 3.05) is 24.6 Å². The Balaban J connectivity index is 3.14. The van der Waals surface area contributed by atoms with Crippen LogP contribution in [0, 0.1) is 0 Å². The third-order valence-electron chi connectivity index (χ3n) is 2.42. The maximum atomic E-state index is 12.5. The molecule has 102 valence electrons. The molecule has 0 radical (unpaired) electrons. The van der Waals surface area contributed by atoms with E-state index in [-0.39, 0.29) is 24.2 Å². The van der Waals surface area contributed by atoms with Gasteiger partial charge in [0.15, 0.2) is 0 Å². The Kier molecular flexibility index (Phi) is 5.68. The highest BCUT2D eigenvalue weighted by molar-refractivity contribution is 6.30. The number of rotatable bonds is 6. The maximum absolute atomic E-state index is 12.5. The van der Waals surface area contributed by atoms with E-state index in [0.717, 1.165) is 0 Å². The molecule has 7 heteroatoms. The van der Waals surface area contributed by atoms with Gasteiger partial charge < -0.3 is 10.0 Å². The lowest BCUT2D eigenvalue weighted by Gasteiger charge is -2.26. The van der Waals surface area contributed by atoms with Gasteiger partial charge in [0.05, 0.1) is 13.2 Å². The molecule has 1 N–H and O–H groups in total. The summed E-state index contributed by atoms with van der Waals surface area (Å²) in [5, 5.41) is 9.20. The number of hydrogen-bond donors (Lipinski definition) is 1. The van der Waals surface area contributed by atoms with E-state index >= 15 is 0 Å². The SMILES string of the molecule is CC(C)c1c(Cl)ncnc1N(CCO)CC(F)F. The minimum atomic E-state index is -2.51. The van der Waals surface area contributed by atoms with Crippen LogP contribution in [0.15, 0.2) is 6.33 Å². The molecule has 0 aromatic carbocycles. The van der Waals surface area contributed by atoms with Crippen LogP contribution in [0.4, 0.5) is 14.6 Å². The quantitative estimate of drug-likeness (QED) is 0.812. The number of hydrogen-bond acceptors (Lipinski definition) is 4. The van der Waals surface area contributed by atoms with Crippen molar-refractivity contribution < 1.29 is 13.9 Å². The van der Waals surface area contributed by atoms with E-state index in [0.29, 0.717) is 11.4 Å². The monoisotopic (exact) mass is 279 g/mol. The minimum absolute atomic E-state index is 0.00700. The van der Waals surface area contributed by atoms with Gasteiger partial charge in [-0.25, -0.2) is 18.7 Å². The molecular weight excluding hydrogens is 264 g/mol. The van der Waals surface area contributed by atoms with Crippen LogP contribution in [-0.2, 0) is 0 Å². The first-order chi connectivity index (χ1) is 8.47. The Morgan fingerprint density at radius 2 is 2.06 bits per heavy atom. The highest BCUT2D eigenvalue weighted by atomic mass is 35.5. The zero-order valence-electron chi connectivity index (χ0n) is 10.3. The summed E-state index contributed by atoms with van der Waals surface area (Å²) < 4.78 is 25.1. The molecule has 1 aromatic rings. The van der Waals surface area contributed by atoms with Gasteiger partial charge in [0.1, 0.15) is 17.3 Å². The molecule has 0 saturated carbocycles. The van der Waals surface area contributed by atoms with Gasteiger partial charge in [-0.05, 0) is 5.92 Å². The Hall–Kier alpha value is -1.01. The van der Waals surface area contributed by atoms with Crippen LogP contribution in [0.5, 0.6) is 0 Å². The van der Waals surface area contributed by atoms with Gasteiger partial charge in [0.2, 0.25) is 0 Å². The maximum Gasteiger partial charge on any atom is 0.255 e. The number of nitrogens with zero attached hydrogens (tertiary/aromatic N) is 3. The van der Waals surface area contributed by atoms with E-state index in [9.17, 15) is 8.78 Å². The van der Waals surface area contributed by atoms with Gasteiger partial charge in [0, 0.05) is 12.1 Å². The zero-order valence-corrected chi connectivity index (χ0v) is 11.0. The van der Waals surface area contributed by atoms with Crippen molar-refractivity contribution in [1.82, 2.24) is 9.97 Å². The largest absolute Gasteiger partial charge is 0.395 e. The molecule has 0 unspecified atom stereocenters. The lowest BCUT2D eigenvalue weighted by molar-refractivity contribution is 0.152. The van der Waals surface area contributed by atoms with Gasteiger partial charge in [0.25, 0.3) is 6.43 Å². The first kappa shape index (κ1) is 15.0. The molecule has 0 aliphatic heterocycles. The van der Waals surface area contributed by atoms with E-state index in [2.05, 4.69) is 9.97 Å². The summed E-state index contributed by atoms with van der Waals surface area (Å²) in [6, 6.07) is 0. The van der Waals surface area contributed by atoms with Crippen LogP contribution < -0.4 is 4.90 Å². The first-order valence-electron chi connectivity index (χ1n) is 5.61. The van der Waals surface area contributed by atoms with Crippen molar-refractivity contribution >= 4 is 17.4 Å². The minimum Gasteiger partial charge on any atom is -0.395 e. The second-order valence-electron chi connectivity index (χ2n) is 4.12. The standard InChI is InChI=1S/C11H16ClF2N3O/c1-7(2)9-10(12)15-6-16-11(9)17(3-4-18)5-8(13)14/h6-8,18H,3-5H2,1-2H3. The molecule has 1 rings (SSSR count). The third-order valence-corrected chi connectivity index (χ3v) is 2.72. The number of aromatic nitrogens is 2. The normalized spacial score (nSPS) is 11.3. The molecule has 1 heterocycles. The van der Waals surface area contributed by atoms with Crippen LogP contribution in [-0.4, -0.2) is 41.2 Å². The molecule has 0 spiro atoms. The fourth-order valence-corrected chi connectivity index (χ4v) is 2.03. The number of aliphatic hydroxyl groups excluding tert-OH is 1. The van der Waals surface area contributed by atoms with Gasteiger partial charge in [-0.3, -0.25) is 0 Å². The number of anilines is 1. The predicted octanol–water partition coefficient (Wildman–Crippen LogP) is 2.32. The van der Waals surface area contributed by atoms with Gasteiger partial charge >= 0.3 is 0 Å². The fourth-order valence-electron chi connectivity index (χ4n) is 1.68. The third kappa shape index (κ3) is 3.74. The Labute approximate surface area is 110 Å². The molecule has 0 saturated heterocycles. The summed E-state index contributed by atoms with van der Waals surface area (Å²) in [5.74, 6) is 0.368. The zero-order chi connectivity index (χ0) is 13.7. The average Bonchev–Trinajstić information content (AvgIpc) is 2.27. The van der Waals surface area contributed by atoms with E-state index in [1.807, 2.05) is 13.8 Å². The summed E-state index contributed by atoms with van der Waals surface area (Å²) in [7, 11) is 0. The van der Waals surface area contributed by atoms with E-state index in [4.69, 9.17) is 16.7 Å². The Morgan fingerprint density at radius 3 is 2.56 bits per heavy atom. The molecule has 0 atom stereocenters. The second kappa shape index (κ2) is 6.80. The summed E-state index contributed by atoms with van der Waals surface area (Å²) in [4.78, 5) is 9.21. The molecule has 0 aliphatic carbocycles. The highest BCUT2D eigenvalue weighted by Gasteiger charge is 2.21. The number of alkyl halides is 2. The van der Waals surface area contributed by atoms with Gasteiger partial charge in [-0.15, -0.1) is 0 Å². The van der Waals surface area contributed by atoms with E-state index in [1.54, 1.807) is 0 Å². The molecule has 0 fully saturated rings. The summed E-state index contributed by atoms with van der Waals surface area (Å²) in [5.41, 5.74) is 0.619. The number of halogens is 3. The van der Waals surface area contributed by atoms with Crippen molar-refractivity contribution in [2.45, 2.75) is 26.2 Å².